The molecule has 442 valence electrons. The first kappa shape index (κ1) is 56.1. The van der Waals surface area contributed by atoms with E-state index in [4.69, 9.17) is 0 Å². The van der Waals surface area contributed by atoms with Gasteiger partial charge < -0.3 is 19.6 Å². The van der Waals surface area contributed by atoms with E-state index in [1.165, 1.54) is 76.1 Å². The molecule has 0 heterocycles. The molecule has 0 amide bonds. The summed E-state index contributed by atoms with van der Waals surface area (Å²) in [5.74, 6) is 0. The first-order chi connectivity index (χ1) is 45.5. The third-order valence-corrected chi connectivity index (χ3v) is 19.3. The van der Waals surface area contributed by atoms with Gasteiger partial charge in [0.1, 0.15) is 0 Å². The van der Waals surface area contributed by atoms with Crippen molar-refractivity contribution in [3.05, 3.63) is 326 Å². The van der Waals surface area contributed by atoms with E-state index >= 15 is 0 Å². The quantitative estimate of drug-likeness (QED) is 0.0894. The lowest BCUT2D eigenvalue weighted by Crippen LogP contribution is -2.17. The fourth-order valence-electron chi connectivity index (χ4n) is 15.2. The zero-order valence-corrected chi connectivity index (χ0v) is 52.5. The average Bonchev–Trinajstić information content (AvgIpc) is 0.702. The molecule has 0 N–H and O–H groups in total. The number of hydrogen-bond acceptors (Lipinski definition) is 4. The number of benzene rings is 16. The van der Waals surface area contributed by atoms with Crippen LogP contribution in [0.15, 0.2) is 303 Å². The third kappa shape index (κ3) is 9.27. The molecule has 4 nitrogen and oxygen atoms in total. The van der Waals surface area contributed by atoms with Crippen LogP contribution >= 0.6 is 0 Å². The van der Waals surface area contributed by atoms with Crippen LogP contribution in [0.4, 0.5) is 68.2 Å². The van der Waals surface area contributed by atoms with Gasteiger partial charge in [-0.1, -0.05) is 246 Å². The second-order valence-corrected chi connectivity index (χ2v) is 24.1. The van der Waals surface area contributed by atoms with Crippen molar-refractivity contribution in [2.24, 2.45) is 0 Å². The molecule has 16 rings (SSSR count). The lowest BCUT2D eigenvalue weighted by atomic mass is 9.88. The first-order valence-electron chi connectivity index (χ1n) is 32.7. The van der Waals surface area contributed by atoms with Crippen LogP contribution in [0.2, 0.25) is 0 Å². The molecule has 0 saturated heterocycles. The summed E-state index contributed by atoms with van der Waals surface area (Å²) in [7, 11) is 0. The second kappa shape index (κ2) is 23.6. The van der Waals surface area contributed by atoms with Gasteiger partial charge in [-0.25, -0.2) is 0 Å². The minimum atomic E-state index is 0.839. The van der Waals surface area contributed by atoms with Crippen molar-refractivity contribution in [1.29, 1.82) is 0 Å². The number of fused-ring (bicyclic) bond motifs is 4. The van der Waals surface area contributed by atoms with Gasteiger partial charge in [0.2, 0.25) is 0 Å². The van der Waals surface area contributed by atoms with Crippen LogP contribution in [-0.2, 0) is 25.7 Å². The summed E-state index contributed by atoms with van der Waals surface area (Å²) in [6.07, 6.45) is 3.36. The van der Waals surface area contributed by atoms with Crippen molar-refractivity contribution in [1.82, 2.24) is 0 Å². The molecule has 0 bridgehead atoms. The van der Waals surface area contributed by atoms with E-state index in [9.17, 15) is 0 Å². The molecule has 0 atom stereocenters. The summed E-state index contributed by atoms with van der Waals surface area (Å²) in [6.45, 7) is 9.25. The van der Waals surface area contributed by atoms with E-state index in [1.54, 1.807) is 0 Å². The Labute approximate surface area is 539 Å². The highest BCUT2D eigenvalue weighted by Gasteiger charge is 2.32. The maximum absolute atomic E-state index is 2.57. The van der Waals surface area contributed by atoms with Crippen molar-refractivity contribution in [3.63, 3.8) is 0 Å². The Bertz CT molecular complexity index is 4740. The molecule has 0 spiro atoms. The number of aryl methyl sites for hydroxylation is 4. The molecule has 92 heavy (non-hydrogen) atoms. The van der Waals surface area contributed by atoms with Crippen molar-refractivity contribution in [2.75, 3.05) is 19.6 Å². The molecule has 0 unspecified atom stereocenters. The fraction of sp³-hybridized carbons (Fsp3) is 0.0909. The molecule has 0 aliphatic heterocycles. The van der Waals surface area contributed by atoms with Gasteiger partial charge in [-0.3, -0.25) is 0 Å². The predicted molar refractivity (Wildman–Crippen MR) is 396 cm³/mol. The summed E-state index contributed by atoms with van der Waals surface area (Å²) in [4.78, 5) is 10.3. The number of anilines is 12. The Hall–Kier alpha value is -11.2. The lowest BCUT2D eigenvalue weighted by Gasteiger charge is -2.36. The van der Waals surface area contributed by atoms with E-state index in [0.717, 1.165) is 115 Å². The minimum absolute atomic E-state index is 0.839. The molecule has 0 aromatic heterocycles. The number of rotatable bonds is 16. The summed E-state index contributed by atoms with van der Waals surface area (Å²) >= 11 is 0. The Balaban J connectivity index is 1.13. The zero-order valence-electron chi connectivity index (χ0n) is 52.5. The Morgan fingerprint density at radius 2 is 0.391 bits per heavy atom. The van der Waals surface area contributed by atoms with E-state index in [-0.39, 0.29) is 0 Å². The molecule has 0 saturated carbocycles. The van der Waals surface area contributed by atoms with Gasteiger partial charge in [0.15, 0.2) is 0 Å². The minimum Gasteiger partial charge on any atom is -0.309 e. The summed E-state index contributed by atoms with van der Waals surface area (Å²) in [5, 5.41) is 17.0. The van der Waals surface area contributed by atoms with Crippen molar-refractivity contribution < 1.29 is 0 Å². The van der Waals surface area contributed by atoms with Crippen LogP contribution in [-0.4, -0.2) is 0 Å². The Morgan fingerprint density at radius 3 is 0.609 bits per heavy atom. The van der Waals surface area contributed by atoms with Crippen molar-refractivity contribution in [2.45, 2.75) is 53.4 Å². The highest BCUT2D eigenvalue weighted by Crippen LogP contribution is 2.57. The van der Waals surface area contributed by atoms with Gasteiger partial charge in [-0.15, -0.1) is 0 Å². The molecular formula is C88H70N4. The van der Waals surface area contributed by atoms with Crippen molar-refractivity contribution in [3.8, 4) is 0 Å². The average molecular weight is 1180 g/mol. The molecule has 0 radical (unpaired) electrons. The number of para-hydroxylation sites is 4. The Kier molecular flexibility index (Phi) is 14.4. The van der Waals surface area contributed by atoms with E-state index in [1.807, 2.05) is 0 Å². The smallest absolute Gasteiger partial charge is 0.0561 e. The van der Waals surface area contributed by atoms with Gasteiger partial charge in [0.05, 0.1) is 22.7 Å². The van der Waals surface area contributed by atoms with Gasteiger partial charge in [-0.2, -0.15) is 0 Å². The summed E-state index contributed by atoms with van der Waals surface area (Å²) < 4.78 is 0. The van der Waals surface area contributed by atoms with E-state index < -0.39 is 0 Å². The second-order valence-electron chi connectivity index (χ2n) is 24.1. The van der Waals surface area contributed by atoms with Crippen LogP contribution < -0.4 is 19.6 Å². The van der Waals surface area contributed by atoms with E-state index in [2.05, 4.69) is 351 Å². The number of nitrogens with zero attached hydrogens (tertiary/aromatic N) is 4. The van der Waals surface area contributed by atoms with Crippen LogP contribution in [0.1, 0.15) is 49.9 Å². The van der Waals surface area contributed by atoms with Gasteiger partial charge in [0, 0.05) is 77.8 Å². The van der Waals surface area contributed by atoms with Gasteiger partial charge in [0.25, 0.3) is 0 Å². The topological polar surface area (TPSA) is 13.0 Å². The third-order valence-electron chi connectivity index (χ3n) is 19.3. The maximum atomic E-state index is 2.57. The SMILES string of the molecule is CCc1c(N(c2ccccc2)c2cc(N(c3ccccc3)c3ccc4ccccc4c3CC)c3ccc4c(N(c5ccccc5)c5ccc6ccccc6c5CC)cc(N(c5ccccc5)c5ccc6ccccc6c5CC)c5ccc2c3c54)ccc2ccccc12. The zero-order chi connectivity index (χ0) is 61.8. The summed E-state index contributed by atoms with van der Waals surface area (Å²) in [6, 6.07) is 114. The number of hydrogen-bond donors (Lipinski definition) is 0. The van der Waals surface area contributed by atoms with Crippen LogP contribution in [0.25, 0.3) is 75.4 Å². The Morgan fingerprint density at radius 1 is 0.185 bits per heavy atom. The molecule has 16 aromatic rings. The van der Waals surface area contributed by atoms with E-state index in [0.29, 0.717) is 0 Å². The molecule has 16 aromatic carbocycles. The standard InChI is InChI=1S/C88H70N4/c1-5-67-71-41-25-21-29-59(71)45-53-79(67)89(63-33-13-9-14-34-63)83-57-84(90(64-35-15-10-16-36-64)80-54-46-60-30-22-26-42-72(60)68(80)6-2)76-51-52-78-86(92(66-39-19-12-20-40-66)82-56-48-62-32-24-28-44-74(62)70(82)8-4)58-85(77-50-49-75(83)87(76)88(77)78)91(65-37-17-11-18-38-65)81-55-47-61-31-23-27-43-73(61)69(81)7-3/h9-58H,5-8H2,1-4H3. The highest BCUT2D eigenvalue weighted by molar-refractivity contribution is 6.33. The predicted octanol–water partition coefficient (Wildman–Crippen LogP) is 25.3. The van der Waals surface area contributed by atoms with Crippen LogP contribution in [0.3, 0.4) is 0 Å². The fourth-order valence-corrected chi connectivity index (χ4v) is 15.2. The molecular weight excluding hydrogens is 1110 g/mol. The largest absolute Gasteiger partial charge is 0.309 e. The van der Waals surface area contributed by atoms with Crippen LogP contribution in [0.5, 0.6) is 0 Å². The van der Waals surface area contributed by atoms with Gasteiger partial charge >= 0.3 is 0 Å². The summed E-state index contributed by atoms with van der Waals surface area (Å²) in [5.41, 5.74) is 18.5. The normalized spacial score (nSPS) is 11.7. The van der Waals surface area contributed by atoms with Crippen LogP contribution in [0, 0.1) is 0 Å². The monoisotopic (exact) mass is 1180 g/mol. The van der Waals surface area contributed by atoms with Crippen molar-refractivity contribution >= 4 is 144 Å². The molecule has 0 fully saturated rings. The van der Waals surface area contributed by atoms with Gasteiger partial charge in [-0.05, 0) is 176 Å². The molecule has 0 aliphatic carbocycles. The molecule has 4 heteroatoms. The highest BCUT2D eigenvalue weighted by atomic mass is 15.2. The molecule has 0 aliphatic rings. The lowest BCUT2D eigenvalue weighted by molar-refractivity contribution is 1.13. The first-order valence-corrected chi connectivity index (χ1v) is 32.7. The maximum Gasteiger partial charge on any atom is 0.0561 e.